The summed E-state index contributed by atoms with van der Waals surface area (Å²) in [5.41, 5.74) is 18.2. The van der Waals surface area contributed by atoms with Crippen LogP contribution in [0.1, 0.15) is 80.2 Å². The Kier molecular flexibility index (Phi) is 9.31. The van der Waals surface area contributed by atoms with Crippen LogP contribution < -0.4 is 14.3 Å². The highest BCUT2D eigenvalue weighted by Gasteiger charge is 2.48. The maximum atomic E-state index is 6.73. The van der Waals surface area contributed by atoms with Gasteiger partial charge in [-0.3, -0.25) is 0 Å². The minimum Gasteiger partial charge on any atom is -0.456 e. The van der Waals surface area contributed by atoms with Crippen LogP contribution in [0.4, 0.5) is 0 Å². The fourth-order valence-electron chi connectivity index (χ4n) is 11.6. The Bertz CT molecular complexity index is 3590. The molecule has 0 saturated heterocycles. The number of imidazole rings is 1. The van der Waals surface area contributed by atoms with Gasteiger partial charge < -0.3 is 4.42 Å². The second-order valence-corrected chi connectivity index (χ2v) is 25.6. The van der Waals surface area contributed by atoms with Crippen LogP contribution >= 0.6 is 0 Å². The fraction of sp³-hybridized carbons (Fsp3) is 0.213. The largest absolute Gasteiger partial charge is 0.456 e. The molecule has 3 aromatic heterocycles. The van der Waals surface area contributed by atoms with E-state index in [4.69, 9.17) is 11.0 Å². The first-order chi connectivity index (χ1) is 32.0. The number of hydrogen-bond acceptors (Lipinski definition) is 1. The Morgan fingerprint density at radius 1 is 0.667 bits per heavy atom. The summed E-state index contributed by atoms with van der Waals surface area (Å²) in [6.45, 7) is 22.2. The zero-order valence-electron chi connectivity index (χ0n) is 39.2. The van der Waals surface area contributed by atoms with Crippen LogP contribution in [0.5, 0.6) is 0 Å². The van der Waals surface area contributed by atoms with Gasteiger partial charge in [0.25, 0.3) is 0 Å². The highest BCUT2D eigenvalue weighted by atomic mass is 28.3. The van der Waals surface area contributed by atoms with Crippen molar-refractivity contribution in [2.45, 2.75) is 84.0 Å². The number of aryl methyl sites for hydroxylation is 1. The molecule has 7 aromatic carbocycles. The van der Waals surface area contributed by atoms with Crippen molar-refractivity contribution in [2.24, 2.45) is 0 Å². The maximum absolute atomic E-state index is 6.73. The van der Waals surface area contributed by atoms with Crippen LogP contribution in [0.15, 0.2) is 169 Å². The van der Waals surface area contributed by atoms with Gasteiger partial charge in [0.2, 0.25) is 11.7 Å². The van der Waals surface area contributed by atoms with Crippen molar-refractivity contribution < 1.29 is 13.6 Å². The van der Waals surface area contributed by atoms with E-state index in [-0.39, 0.29) is 23.8 Å². The molecule has 4 nitrogen and oxygen atoms in total. The standard InChI is InChI=1S/C61H57N3OSi/c1-37(2)49-32-43(40-18-10-9-11-19-40)33-50(38(3)4)60(49)64-54-24-16-15-23-53(54)63-39(5)59-48(30-27-42-34-57-52(35-51(42)61(63)64)46-22-14-17-25-56(46)65-57)47-29-26-41-20-12-13-21-45(41)58(47)55-31-28-44(36-62(55)59)66(6,7)8/h9-26,28-29,31-38,48,59H,5,27,30H2,1-4,6-8H3/q+2. The smallest absolute Gasteiger partial charge is 0.300 e. The molecule has 0 N–H and O–H groups in total. The first-order valence-corrected chi connectivity index (χ1v) is 27.5. The first kappa shape index (κ1) is 40.7. The molecule has 0 radical (unpaired) electrons. The molecule has 324 valence electrons. The molecule has 2 atom stereocenters. The SMILES string of the molecule is C=C1C2C(CCc3cc4oc5ccccc5c4cc3-c3n(-c4c(C(C)C)cc(-c5ccccc5)cc4C(C)C)c4ccccc4[n+]31)c1ccc3ccccc3c1-c1ccc([Si](C)(C)C)c[n+]12. The van der Waals surface area contributed by atoms with Crippen molar-refractivity contribution >= 4 is 62.7 Å². The van der Waals surface area contributed by atoms with Crippen LogP contribution in [0.2, 0.25) is 19.6 Å². The molecule has 0 spiro atoms. The molecule has 2 aliphatic heterocycles. The normalized spacial score (nSPS) is 16.0. The molecule has 5 heteroatoms. The summed E-state index contributed by atoms with van der Waals surface area (Å²) in [4.78, 5) is 0. The number of hydrogen-bond donors (Lipinski definition) is 0. The second-order valence-electron chi connectivity index (χ2n) is 20.6. The van der Waals surface area contributed by atoms with E-state index in [0.717, 1.165) is 51.8 Å². The number of pyridine rings is 1. The molecule has 0 saturated carbocycles. The van der Waals surface area contributed by atoms with E-state index in [1.165, 1.54) is 77.4 Å². The average molecular weight is 876 g/mol. The highest BCUT2D eigenvalue weighted by molar-refractivity contribution is 6.88. The molecule has 12 rings (SSSR count). The lowest BCUT2D eigenvalue weighted by Gasteiger charge is -2.32. The number of rotatable bonds is 5. The lowest BCUT2D eigenvalue weighted by molar-refractivity contribution is -0.723. The highest BCUT2D eigenvalue weighted by Crippen LogP contribution is 2.49. The molecule has 10 aromatic rings. The Morgan fingerprint density at radius 3 is 2.12 bits per heavy atom. The third-order valence-electron chi connectivity index (χ3n) is 14.9. The molecule has 66 heavy (non-hydrogen) atoms. The molecule has 0 fully saturated rings. The summed E-state index contributed by atoms with van der Waals surface area (Å²) in [6, 6.07) is 56.8. The zero-order chi connectivity index (χ0) is 45.2. The number of nitrogens with zero attached hydrogens (tertiary/aromatic N) is 3. The van der Waals surface area contributed by atoms with Gasteiger partial charge in [0.05, 0.1) is 25.1 Å². The van der Waals surface area contributed by atoms with E-state index >= 15 is 0 Å². The maximum Gasteiger partial charge on any atom is 0.300 e. The van der Waals surface area contributed by atoms with Gasteiger partial charge in [-0.25, -0.2) is 0 Å². The number of benzene rings is 7. The van der Waals surface area contributed by atoms with Gasteiger partial charge in [0, 0.05) is 33.2 Å². The van der Waals surface area contributed by atoms with Gasteiger partial charge in [0.1, 0.15) is 16.9 Å². The summed E-state index contributed by atoms with van der Waals surface area (Å²) >= 11 is 0. The minimum atomic E-state index is -1.73. The Morgan fingerprint density at radius 2 is 1.36 bits per heavy atom. The summed E-state index contributed by atoms with van der Waals surface area (Å²) in [5, 5.41) is 6.31. The number of aromatic nitrogens is 3. The summed E-state index contributed by atoms with van der Waals surface area (Å²) in [5.74, 6) is 1.79. The summed E-state index contributed by atoms with van der Waals surface area (Å²) in [6.07, 6.45) is 4.34. The van der Waals surface area contributed by atoms with Gasteiger partial charge in [-0.05, 0) is 107 Å². The second kappa shape index (κ2) is 15.1. The van der Waals surface area contributed by atoms with E-state index in [9.17, 15) is 0 Å². The monoisotopic (exact) mass is 875 g/mol. The number of para-hydroxylation sites is 3. The van der Waals surface area contributed by atoms with E-state index in [1.807, 2.05) is 0 Å². The van der Waals surface area contributed by atoms with Gasteiger partial charge in [-0.15, -0.1) is 0 Å². The molecule has 0 amide bonds. The van der Waals surface area contributed by atoms with Crippen LogP contribution in [-0.4, -0.2) is 12.6 Å². The van der Waals surface area contributed by atoms with E-state index < -0.39 is 8.07 Å². The van der Waals surface area contributed by atoms with E-state index in [2.05, 4.69) is 219 Å². The van der Waals surface area contributed by atoms with Crippen molar-refractivity contribution in [2.75, 3.05) is 0 Å². The van der Waals surface area contributed by atoms with Crippen molar-refractivity contribution in [3.8, 4) is 39.5 Å². The van der Waals surface area contributed by atoms with Crippen LogP contribution in [0, 0.1) is 0 Å². The van der Waals surface area contributed by atoms with Crippen molar-refractivity contribution in [3.05, 3.63) is 187 Å². The zero-order valence-corrected chi connectivity index (χ0v) is 40.2. The Labute approximate surface area is 389 Å². The van der Waals surface area contributed by atoms with Crippen LogP contribution in [-0.2, 0) is 6.42 Å². The molecular weight excluding hydrogens is 819 g/mol. The fourth-order valence-corrected chi connectivity index (χ4v) is 12.7. The van der Waals surface area contributed by atoms with Gasteiger partial charge in [-0.2, -0.15) is 13.7 Å². The predicted octanol–water partition coefficient (Wildman–Crippen LogP) is 14.8. The molecule has 5 heterocycles. The van der Waals surface area contributed by atoms with Crippen LogP contribution in [0.3, 0.4) is 0 Å². The van der Waals surface area contributed by atoms with Crippen LogP contribution in [0.25, 0.3) is 88.9 Å². The first-order valence-electron chi connectivity index (χ1n) is 24.0. The van der Waals surface area contributed by atoms with E-state index in [0.29, 0.717) is 0 Å². The third kappa shape index (κ3) is 6.16. The number of fused-ring (bicyclic) bond motifs is 16. The number of allylic oxidation sites excluding steroid dienone is 1. The van der Waals surface area contributed by atoms with Crippen molar-refractivity contribution in [1.29, 1.82) is 0 Å². The molecule has 2 unspecified atom stereocenters. The molecular formula is C61H57N3OSi+2. The lowest BCUT2D eigenvalue weighted by atomic mass is 9.77. The Hall–Kier alpha value is -6.82. The Balaban J connectivity index is 1.24. The molecule has 0 aliphatic carbocycles. The van der Waals surface area contributed by atoms with Gasteiger partial charge in [-0.1, -0.05) is 150 Å². The topological polar surface area (TPSA) is 25.8 Å². The quantitative estimate of drug-likeness (QED) is 0.125. The van der Waals surface area contributed by atoms with Crippen molar-refractivity contribution in [1.82, 2.24) is 4.57 Å². The van der Waals surface area contributed by atoms with Gasteiger partial charge in [0.15, 0.2) is 22.9 Å². The van der Waals surface area contributed by atoms with Crippen molar-refractivity contribution in [3.63, 3.8) is 0 Å². The molecule has 0 bridgehead atoms. The summed E-state index contributed by atoms with van der Waals surface area (Å²) < 4.78 is 14.6. The summed E-state index contributed by atoms with van der Waals surface area (Å²) in [7, 11) is -1.73. The molecule has 2 aliphatic rings. The minimum absolute atomic E-state index is 0.0549. The van der Waals surface area contributed by atoms with E-state index in [1.54, 1.807) is 0 Å². The van der Waals surface area contributed by atoms with Gasteiger partial charge >= 0.3 is 5.82 Å². The third-order valence-corrected chi connectivity index (χ3v) is 16.9. The predicted molar refractivity (Wildman–Crippen MR) is 278 cm³/mol. The number of furan rings is 1. The average Bonchev–Trinajstić information content (AvgIpc) is 3.87. The lowest BCUT2D eigenvalue weighted by Crippen LogP contribution is -2.56.